The standard InChI is InChI=1S/C12H14N2O2/c1-8-10(6-13-7-12(15)16)9-4-2-3-5-11(9)14-8/h2-5,13-14H,6-7H2,1H3,(H,15,16). The highest BCUT2D eigenvalue weighted by Crippen LogP contribution is 2.21. The van der Waals surface area contributed by atoms with E-state index in [-0.39, 0.29) is 6.54 Å². The molecule has 2 aromatic rings. The van der Waals surface area contributed by atoms with E-state index in [4.69, 9.17) is 5.11 Å². The number of hydrogen-bond donors (Lipinski definition) is 3. The molecular weight excluding hydrogens is 204 g/mol. The summed E-state index contributed by atoms with van der Waals surface area (Å²) in [5.41, 5.74) is 3.31. The van der Waals surface area contributed by atoms with Gasteiger partial charge in [0, 0.05) is 23.1 Å². The van der Waals surface area contributed by atoms with Gasteiger partial charge in [0.15, 0.2) is 0 Å². The third kappa shape index (κ3) is 2.06. The Hall–Kier alpha value is -1.81. The molecule has 0 spiro atoms. The first-order chi connectivity index (χ1) is 7.68. The minimum atomic E-state index is -0.836. The van der Waals surface area contributed by atoms with Crippen LogP contribution in [0.4, 0.5) is 0 Å². The Morgan fingerprint density at radius 2 is 2.19 bits per heavy atom. The number of rotatable bonds is 4. The van der Waals surface area contributed by atoms with E-state index in [1.165, 1.54) is 0 Å². The van der Waals surface area contributed by atoms with E-state index in [1.807, 2.05) is 31.2 Å². The van der Waals surface area contributed by atoms with Gasteiger partial charge in [-0.15, -0.1) is 0 Å². The second-order valence-corrected chi connectivity index (χ2v) is 3.77. The molecule has 0 unspecified atom stereocenters. The van der Waals surface area contributed by atoms with Crippen LogP contribution < -0.4 is 5.32 Å². The molecule has 1 aromatic heterocycles. The summed E-state index contributed by atoms with van der Waals surface area (Å²) in [5, 5.41) is 12.6. The van der Waals surface area contributed by atoms with Gasteiger partial charge < -0.3 is 15.4 Å². The molecule has 0 aliphatic carbocycles. The second-order valence-electron chi connectivity index (χ2n) is 3.77. The highest BCUT2D eigenvalue weighted by Gasteiger charge is 2.07. The number of H-pyrrole nitrogens is 1. The number of nitrogens with one attached hydrogen (secondary N) is 2. The molecule has 4 nitrogen and oxygen atoms in total. The first kappa shape index (κ1) is 10.7. The van der Waals surface area contributed by atoms with Crippen LogP contribution in [-0.4, -0.2) is 22.6 Å². The summed E-state index contributed by atoms with van der Waals surface area (Å²) in [6.45, 7) is 2.55. The number of aromatic nitrogens is 1. The second kappa shape index (κ2) is 4.37. The average Bonchev–Trinajstić information content (AvgIpc) is 2.55. The fourth-order valence-electron chi connectivity index (χ4n) is 1.86. The zero-order valence-electron chi connectivity index (χ0n) is 9.08. The number of benzene rings is 1. The zero-order valence-corrected chi connectivity index (χ0v) is 9.08. The molecule has 0 radical (unpaired) electrons. The molecule has 3 N–H and O–H groups in total. The summed E-state index contributed by atoms with van der Waals surface area (Å²) in [6, 6.07) is 8.02. The number of aliphatic carboxylic acids is 1. The van der Waals surface area contributed by atoms with E-state index in [0.717, 1.165) is 22.2 Å². The number of hydrogen-bond acceptors (Lipinski definition) is 2. The summed E-state index contributed by atoms with van der Waals surface area (Å²) in [7, 11) is 0. The Bertz CT molecular complexity index is 517. The molecule has 0 atom stereocenters. The van der Waals surface area contributed by atoms with Gasteiger partial charge >= 0.3 is 5.97 Å². The van der Waals surface area contributed by atoms with Gasteiger partial charge in [-0.2, -0.15) is 0 Å². The van der Waals surface area contributed by atoms with Crippen LogP contribution in [0.5, 0.6) is 0 Å². The molecule has 0 bridgehead atoms. The molecular formula is C12H14N2O2. The molecule has 0 amide bonds. The van der Waals surface area contributed by atoms with Crippen LogP contribution in [0.15, 0.2) is 24.3 Å². The molecule has 0 saturated carbocycles. The van der Waals surface area contributed by atoms with E-state index < -0.39 is 5.97 Å². The smallest absolute Gasteiger partial charge is 0.317 e. The first-order valence-electron chi connectivity index (χ1n) is 5.17. The van der Waals surface area contributed by atoms with Crippen molar-refractivity contribution in [2.45, 2.75) is 13.5 Å². The van der Waals surface area contributed by atoms with Gasteiger partial charge in [-0.3, -0.25) is 4.79 Å². The molecule has 4 heteroatoms. The van der Waals surface area contributed by atoms with Crippen LogP contribution in [0, 0.1) is 6.92 Å². The number of carboxylic acid groups (broad SMARTS) is 1. The molecule has 1 heterocycles. The number of carboxylic acids is 1. The van der Waals surface area contributed by atoms with Crippen molar-refractivity contribution in [3.8, 4) is 0 Å². The zero-order chi connectivity index (χ0) is 11.5. The summed E-state index contributed by atoms with van der Waals surface area (Å²) in [5.74, 6) is -0.836. The van der Waals surface area contributed by atoms with Crippen molar-refractivity contribution in [1.29, 1.82) is 0 Å². The summed E-state index contributed by atoms with van der Waals surface area (Å²) < 4.78 is 0. The predicted octanol–water partition coefficient (Wildman–Crippen LogP) is 1.65. The van der Waals surface area contributed by atoms with Crippen LogP contribution in [0.2, 0.25) is 0 Å². The Morgan fingerprint density at radius 1 is 1.44 bits per heavy atom. The monoisotopic (exact) mass is 218 g/mol. The Labute approximate surface area is 93.3 Å². The van der Waals surface area contributed by atoms with Crippen molar-refractivity contribution in [3.63, 3.8) is 0 Å². The van der Waals surface area contributed by atoms with Crippen molar-refractivity contribution in [3.05, 3.63) is 35.5 Å². The van der Waals surface area contributed by atoms with Gasteiger partial charge in [0.2, 0.25) is 0 Å². The number of fused-ring (bicyclic) bond motifs is 1. The quantitative estimate of drug-likeness (QED) is 0.731. The number of aromatic amines is 1. The minimum absolute atomic E-state index is 0.0149. The topological polar surface area (TPSA) is 65.1 Å². The molecule has 0 aliphatic heterocycles. The fourth-order valence-corrected chi connectivity index (χ4v) is 1.86. The summed E-state index contributed by atoms with van der Waals surface area (Å²) in [4.78, 5) is 13.7. The van der Waals surface area contributed by atoms with Crippen molar-refractivity contribution in [2.75, 3.05) is 6.54 Å². The molecule has 16 heavy (non-hydrogen) atoms. The van der Waals surface area contributed by atoms with Crippen LogP contribution >= 0.6 is 0 Å². The van der Waals surface area contributed by atoms with Crippen molar-refractivity contribution in [2.24, 2.45) is 0 Å². The maximum absolute atomic E-state index is 10.4. The van der Waals surface area contributed by atoms with Crippen molar-refractivity contribution < 1.29 is 9.90 Å². The van der Waals surface area contributed by atoms with Crippen LogP contribution in [-0.2, 0) is 11.3 Å². The number of aryl methyl sites for hydroxylation is 1. The lowest BCUT2D eigenvalue weighted by molar-refractivity contribution is -0.135. The van der Waals surface area contributed by atoms with Crippen LogP contribution in [0.3, 0.4) is 0 Å². The Balaban J connectivity index is 2.22. The lowest BCUT2D eigenvalue weighted by Gasteiger charge is -2.02. The third-order valence-electron chi connectivity index (χ3n) is 2.61. The third-order valence-corrected chi connectivity index (χ3v) is 2.61. The first-order valence-corrected chi connectivity index (χ1v) is 5.17. The van der Waals surface area contributed by atoms with Crippen molar-refractivity contribution in [1.82, 2.24) is 10.3 Å². The van der Waals surface area contributed by atoms with E-state index in [0.29, 0.717) is 6.54 Å². The lowest BCUT2D eigenvalue weighted by atomic mass is 10.1. The van der Waals surface area contributed by atoms with Crippen molar-refractivity contribution >= 4 is 16.9 Å². The maximum atomic E-state index is 10.4. The van der Waals surface area contributed by atoms with Crippen LogP contribution in [0.1, 0.15) is 11.3 Å². The molecule has 0 fully saturated rings. The van der Waals surface area contributed by atoms with Crippen LogP contribution in [0.25, 0.3) is 10.9 Å². The average molecular weight is 218 g/mol. The van der Waals surface area contributed by atoms with Gasteiger partial charge in [-0.1, -0.05) is 18.2 Å². The largest absolute Gasteiger partial charge is 0.480 e. The van der Waals surface area contributed by atoms with E-state index >= 15 is 0 Å². The molecule has 2 rings (SSSR count). The minimum Gasteiger partial charge on any atom is -0.480 e. The molecule has 1 aromatic carbocycles. The fraction of sp³-hybridized carbons (Fsp3) is 0.250. The van der Waals surface area contributed by atoms with Gasteiger partial charge in [-0.25, -0.2) is 0 Å². The van der Waals surface area contributed by atoms with Gasteiger partial charge in [0.05, 0.1) is 6.54 Å². The van der Waals surface area contributed by atoms with Gasteiger partial charge in [-0.05, 0) is 18.6 Å². The molecule has 0 aliphatic rings. The summed E-state index contributed by atoms with van der Waals surface area (Å²) in [6.07, 6.45) is 0. The molecule has 84 valence electrons. The number of carbonyl (C=O) groups is 1. The summed E-state index contributed by atoms with van der Waals surface area (Å²) >= 11 is 0. The lowest BCUT2D eigenvalue weighted by Crippen LogP contribution is -2.22. The van der Waals surface area contributed by atoms with Gasteiger partial charge in [0.1, 0.15) is 0 Å². The Kier molecular flexibility index (Phi) is 2.92. The van der Waals surface area contributed by atoms with Gasteiger partial charge in [0.25, 0.3) is 0 Å². The van der Waals surface area contributed by atoms with E-state index in [2.05, 4.69) is 10.3 Å². The predicted molar refractivity (Wildman–Crippen MR) is 62.4 cm³/mol. The maximum Gasteiger partial charge on any atom is 0.317 e. The normalized spacial score (nSPS) is 10.8. The van der Waals surface area contributed by atoms with E-state index in [1.54, 1.807) is 0 Å². The SMILES string of the molecule is Cc1[nH]c2ccccc2c1CNCC(=O)O. The molecule has 0 saturated heterocycles. The Morgan fingerprint density at radius 3 is 2.94 bits per heavy atom. The highest BCUT2D eigenvalue weighted by molar-refractivity contribution is 5.84. The number of para-hydroxylation sites is 1. The highest BCUT2D eigenvalue weighted by atomic mass is 16.4. The van der Waals surface area contributed by atoms with E-state index in [9.17, 15) is 4.79 Å².